The molecule has 1 N–H and O–H groups in total. The molecule has 2 atom stereocenters. The molecule has 1 aromatic heterocycles. The number of fused-ring (bicyclic) bond motifs is 3. The maximum absolute atomic E-state index is 12.7. The minimum absolute atomic E-state index is 0.00989. The zero-order chi connectivity index (χ0) is 24.8. The number of carbonyl (C=O) groups is 1. The summed E-state index contributed by atoms with van der Waals surface area (Å²) < 4.78 is 20.4. The van der Waals surface area contributed by atoms with Crippen LogP contribution in [0.2, 0.25) is 0 Å². The van der Waals surface area contributed by atoms with E-state index in [0.717, 1.165) is 61.8 Å². The van der Waals surface area contributed by atoms with Crippen LogP contribution >= 0.6 is 0 Å². The van der Waals surface area contributed by atoms with Crippen molar-refractivity contribution in [2.24, 2.45) is 11.3 Å². The van der Waals surface area contributed by atoms with E-state index >= 15 is 0 Å². The Kier molecular flexibility index (Phi) is 6.30. The summed E-state index contributed by atoms with van der Waals surface area (Å²) in [6.07, 6.45) is 4.85. The Morgan fingerprint density at radius 3 is 2.74 bits per heavy atom. The van der Waals surface area contributed by atoms with Crippen LogP contribution in [0.3, 0.4) is 0 Å². The van der Waals surface area contributed by atoms with Crippen molar-refractivity contribution < 1.29 is 19.0 Å². The van der Waals surface area contributed by atoms with E-state index in [9.17, 15) is 4.79 Å². The van der Waals surface area contributed by atoms with Crippen LogP contribution in [-0.4, -0.2) is 59.5 Å². The van der Waals surface area contributed by atoms with E-state index < -0.39 is 0 Å². The van der Waals surface area contributed by atoms with E-state index in [1.807, 2.05) is 22.9 Å². The predicted molar refractivity (Wildman–Crippen MR) is 134 cm³/mol. The van der Waals surface area contributed by atoms with E-state index in [2.05, 4.69) is 49.1 Å². The number of nitrogens with zero attached hydrogens (tertiary/aromatic N) is 3. The quantitative estimate of drug-likeness (QED) is 0.679. The number of nitrogens with one attached hydrogen (secondary N) is 1. The molecule has 0 aliphatic carbocycles. The first kappa shape index (κ1) is 24.1. The van der Waals surface area contributed by atoms with Gasteiger partial charge in [0.15, 0.2) is 0 Å². The normalized spacial score (nSPS) is 25.0. The second-order valence-corrected chi connectivity index (χ2v) is 11.2. The van der Waals surface area contributed by atoms with Gasteiger partial charge in [0, 0.05) is 23.6 Å². The molecule has 8 heteroatoms. The standard InChI is InChI=1S/C27H38N4O4/c1-18(2)31-23(8-11-28-31)29-24(32)16-30-12-9-27(10-13-30)15-21-25(34-17-27)20-14-19(33-5)6-7-22(20)35-26(21,3)4/h6-8,11,14,18,21,25H,9-10,12-13,15-17H2,1-5H3,(H,29,32)/t21-,25+/m0/s1. The average molecular weight is 483 g/mol. The Balaban J connectivity index is 1.21. The second-order valence-electron chi connectivity index (χ2n) is 11.2. The number of hydrogen-bond donors (Lipinski definition) is 1. The molecular weight excluding hydrogens is 444 g/mol. The van der Waals surface area contributed by atoms with Crippen molar-refractivity contribution in [1.29, 1.82) is 0 Å². The van der Waals surface area contributed by atoms with Crippen LogP contribution in [0, 0.1) is 11.3 Å². The van der Waals surface area contributed by atoms with Crippen LogP contribution in [0.25, 0.3) is 0 Å². The van der Waals surface area contributed by atoms with Gasteiger partial charge < -0.3 is 19.5 Å². The molecule has 3 aliphatic rings. The summed E-state index contributed by atoms with van der Waals surface area (Å²) >= 11 is 0. The van der Waals surface area contributed by atoms with Crippen molar-refractivity contribution in [3.05, 3.63) is 36.0 Å². The van der Waals surface area contributed by atoms with Crippen LogP contribution in [-0.2, 0) is 9.53 Å². The van der Waals surface area contributed by atoms with Crippen molar-refractivity contribution in [2.75, 3.05) is 38.7 Å². The number of rotatable bonds is 5. The van der Waals surface area contributed by atoms with Gasteiger partial charge in [-0.1, -0.05) is 0 Å². The molecule has 1 spiro atoms. The molecule has 2 fully saturated rings. The highest BCUT2D eigenvalue weighted by atomic mass is 16.5. The number of likely N-dealkylation sites (tertiary alicyclic amines) is 1. The summed E-state index contributed by atoms with van der Waals surface area (Å²) in [7, 11) is 1.69. The lowest BCUT2D eigenvalue weighted by atomic mass is 9.64. The van der Waals surface area contributed by atoms with Gasteiger partial charge in [0.2, 0.25) is 5.91 Å². The molecule has 1 aromatic carbocycles. The Labute approximate surface area is 207 Å². The first-order valence-electron chi connectivity index (χ1n) is 12.7. The molecule has 35 heavy (non-hydrogen) atoms. The Morgan fingerprint density at radius 2 is 2.03 bits per heavy atom. The smallest absolute Gasteiger partial charge is 0.239 e. The molecule has 0 radical (unpaired) electrons. The first-order valence-corrected chi connectivity index (χ1v) is 12.7. The molecule has 190 valence electrons. The third-order valence-corrected chi connectivity index (χ3v) is 8.09. The summed E-state index contributed by atoms with van der Waals surface area (Å²) in [6, 6.07) is 8.05. The van der Waals surface area contributed by atoms with E-state index in [0.29, 0.717) is 6.54 Å². The number of anilines is 1. The fraction of sp³-hybridized carbons (Fsp3) is 0.630. The van der Waals surface area contributed by atoms with Crippen molar-refractivity contribution in [2.45, 2.75) is 64.7 Å². The van der Waals surface area contributed by atoms with Gasteiger partial charge in [-0.3, -0.25) is 9.69 Å². The summed E-state index contributed by atoms with van der Waals surface area (Å²) in [6.45, 7) is 11.4. The molecule has 3 aliphatic heterocycles. The molecule has 0 unspecified atom stereocenters. The molecule has 5 rings (SSSR count). The Hall–Kier alpha value is -2.58. The lowest BCUT2D eigenvalue weighted by molar-refractivity contribution is -0.174. The van der Waals surface area contributed by atoms with Crippen molar-refractivity contribution in [3.63, 3.8) is 0 Å². The average Bonchev–Trinajstić information content (AvgIpc) is 3.29. The van der Waals surface area contributed by atoms with Gasteiger partial charge in [-0.25, -0.2) is 4.68 Å². The van der Waals surface area contributed by atoms with Crippen molar-refractivity contribution >= 4 is 11.7 Å². The van der Waals surface area contributed by atoms with Crippen LogP contribution in [0.5, 0.6) is 11.5 Å². The summed E-state index contributed by atoms with van der Waals surface area (Å²) in [5, 5.41) is 7.32. The monoisotopic (exact) mass is 482 g/mol. The second kappa shape index (κ2) is 9.13. The number of benzene rings is 1. The lowest BCUT2D eigenvalue weighted by Crippen LogP contribution is -2.54. The van der Waals surface area contributed by atoms with Crippen LogP contribution in [0.15, 0.2) is 30.5 Å². The molecule has 2 saturated heterocycles. The van der Waals surface area contributed by atoms with Gasteiger partial charge in [-0.2, -0.15) is 5.10 Å². The first-order chi connectivity index (χ1) is 16.7. The molecule has 4 heterocycles. The number of piperidine rings is 1. The maximum Gasteiger partial charge on any atom is 0.239 e. The Morgan fingerprint density at radius 1 is 1.26 bits per heavy atom. The lowest BCUT2D eigenvalue weighted by Gasteiger charge is -2.54. The predicted octanol–water partition coefficient (Wildman–Crippen LogP) is 4.44. The SMILES string of the molecule is COc1ccc2c(c1)[C@H]1OCC3(CCN(CC(=O)Nc4ccnn4C(C)C)CC3)C[C@@H]1C(C)(C)O2. The van der Waals surface area contributed by atoms with Crippen molar-refractivity contribution in [1.82, 2.24) is 14.7 Å². The molecule has 0 bridgehead atoms. The van der Waals surface area contributed by atoms with E-state index in [1.54, 1.807) is 13.3 Å². The van der Waals surface area contributed by atoms with Gasteiger partial charge in [0.1, 0.15) is 22.9 Å². The zero-order valence-corrected chi connectivity index (χ0v) is 21.5. The number of amides is 1. The number of ether oxygens (including phenoxy) is 3. The summed E-state index contributed by atoms with van der Waals surface area (Å²) in [5.41, 5.74) is 0.913. The third-order valence-electron chi connectivity index (χ3n) is 8.09. The molecule has 1 amide bonds. The highest BCUT2D eigenvalue weighted by Gasteiger charge is 2.52. The highest BCUT2D eigenvalue weighted by molar-refractivity contribution is 5.91. The summed E-state index contributed by atoms with van der Waals surface area (Å²) in [5.74, 6) is 2.75. The number of aromatic nitrogens is 2. The maximum atomic E-state index is 12.7. The molecule has 8 nitrogen and oxygen atoms in total. The van der Waals surface area contributed by atoms with Gasteiger partial charge >= 0.3 is 0 Å². The number of methoxy groups -OCH3 is 1. The molecule has 2 aromatic rings. The van der Waals surface area contributed by atoms with Crippen LogP contribution in [0.1, 0.15) is 64.7 Å². The van der Waals surface area contributed by atoms with Gasteiger partial charge in [0.05, 0.1) is 32.6 Å². The fourth-order valence-electron chi connectivity index (χ4n) is 6.00. The fourth-order valence-corrected chi connectivity index (χ4v) is 6.00. The zero-order valence-electron chi connectivity index (χ0n) is 21.5. The number of carbonyl (C=O) groups excluding carboxylic acids is 1. The van der Waals surface area contributed by atoms with E-state index in [4.69, 9.17) is 14.2 Å². The van der Waals surface area contributed by atoms with Crippen molar-refractivity contribution in [3.8, 4) is 11.5 Å². The summed E-state index contributed by atoms with van der Waals surface area (Å²) in [4.78, 5) is 15.0. The molecule has 0 saturated carbocycles. The van der Waals surface area contributed by atoms with Gasteiger partial charge in [-0.05, 0) is 83.7 Å². The highest BCUT2D eigenvalue weighted by Crippen LogP contribution is 2.55. The van der Waals surface area contributed by atoms with E-state index in [-0.39, 0.29) is 35.0 Å². The van der Waals surface area contributed by atoms with Gasteiger partial charge in [0.25, 0.3) is 0 Å². The topological polar surface area (TPSA) is 77.9 Å². The third kappa shape index (κ3) is 4.66. The minimum atomic E-state index is -0.309. The number of hydrogen-bond acceptors (Lipinski definition) is 6. The van der Waals surface area contributed by atoms with Gasteiger partial charge in [-0.15, -0.1) is 0 Å². The molecular formula is C27H38N4O4. The van der Waals surface area contributed by atoms with Crippen LogP contribution < -0.4 is 14.8 Å². The van der Waals surface area contributed by atoms with E-state index in [1.165, 1.54) is 0 Å². The largest absolute Gasteiger partial charge is 0.497 e. The van der Waals surface area contributed by atoms with Crippen LogP contribution in [0.4, 0.5) is 5.82 Å². The minimum Gasteiger partial charge on any atom is -0.497 e. The Bertz CT molecular complexity index is 1070.